The fourth-order valence-corrected chi connectivity index (χ4v) is 3.91. The summed E-state index contributed by atoms with van der Waals surface area (Å²) < 4.78 is 0. The summed E-state index contributed by atoms with van der Waals surface area (Å²) in [6.45, 7) is 3.51. The van der Waals surface area contributed by atoms with Gasteiger partial charge in [0.25, 0.3) is 0 Å². The van der Waals surface area contributed by atoms with E-state index in [1.54, 1.807) is 12.7 Å². The molecule has 2 fully saturated rings. The maximum atomic E-state index is 12.9. The van der Waals surface area contributed by atoms with Crippen LogP contribution in [0.1, 0.15) is 38.5 Å². The molecule has 0 bridgehead atoms. The molecule has 0 saturated carbocycles. The van der Waals surface area contributed by atoms with E-state index < -0.39 is 0 Å². The summed E-state index contributed by atoms with van der Waals surface area (Å²) in [5.41, 5.74) is 1.54. The van der Waals surface area contributed by atoms with Crippen molar-refractivity contribution < 1.29 is 4.79 Å². The quantitative estimate of drug-likeness (QED) is 0.912. The lowest BCUT2D eigenvalue weighted by molar-refractivity contribution is -0.135. The summed E-state index contributed by atoms with van der Waals surface area (Å²) in [7, 11) is 0. The van der Waals surface area contributed by atoms with Crippen LogP contribution in [-0.4, -0.2) is 56.9 Å². The van der Waals surface area contributed by atoms with Gasteiger partial charge in [0.2, 0.25) is 5.91 Å². The highest BCUT2D eigenvalue weighted by Crippen LogP contribution is 2.27. The predicted molar refractivity (Wildman–Crippen MR) is 91.7 cm³/mol. The molecule has 4 heterocycles. The van der Waals surface area contributed by atoms with E-state index in [2.05, 4.69) is 29.7 Å². The van der Waals surface area contributed by atoms with E-state index in [-0.39, 0.29) is 5.92 Å². The van der Waals surface area contributed by atoms with Crippen LogP contribution in [0.2, 0.25) is 0 Å². The Balaban J connectivity index is 1.51. The lowest BCUT2D eigenvalue weighted by atomic mass is 9.96. The van der Waals surface area contributed by atoms with Crippen molar-refractivity contribution in [3.63, 3.8) is 0 Å². The first-order chi connectivity index (χ1) is 11.8. The molecule has 0 aliphatic carbocycles. The van der Waals surface area contributed by atoms with Crippen LogP contribution in [0.5, 0.6) is 0 Å². The summed E-state index contributed by atoms with van der Waals surface area (Å²) in [4.78, 5) is 33.2. The van der Waals surface area contributed by atoms with Crippen LogP contribution < -0.4 is 4.90 Å². The molecular weight excluding hydrogens is 304 g/mol. The highest BCUT2D eigenvalue weighted by molar-refractivity contribution is 5.84. The Morgan fingerprint density at radius 2 is 1.88 bits per heavy atom. The number of anilines is 1. The third-order valence-corrected chi connectivity index (χ3v) is 5.19. The van der Waals surface area contributed by atoms with Crippen molar-refractivity contribution in [3.8, 4) is 0 Å². The average Bonchev–Trinajstić information content (AvgIpc) is 2.95. The van der Waals surface area contributed by atoms with Gasteiger partial charge in [0, 0.05) is 26.2 Å². The Hall–Kier alpha value is -2.18. The molecule has 4 rings (SSSR count). The number of aromatic nitrogens is 4. The number of H-pyrrole nitrogens is 1. The van der Waals surface area contributed by atoms with Crippen LogP contribution in [0.3, 0.4) is 0 Å². The fourth-order valence-electron chi connectivity index (χ4n) is 3.91. The van der Waals surface area contributed by atoms with E-state index >= 15 is 0 Å². The van der Waals surface area contributed by atoms with Crippen LogP contribution in [0.25, 0.3) is 11.2 Å². The molecule has 0 aromatic carbocycles. The van der Waals surface area contributed by atoms with Gasteiger partial charge in [-0.2, -0.15) is 0 Å². The lowest BCUT2D eigenvalue weighted by Gasteiger charge is -2.35. The number of carbonyl (C=O) groups excluding carboxylic acids is 1. The SMILES string of the molecule is O=C([C@H]1CCCN(c2ncnc3nc[nH]c23)C1)N1CCCCCC1. The number of nitrogens with zero attached hydrogens (tertiary/aromatic N) is 5. The number of hydrogen-bond donors (Lipinski definition) is 1. The highest BCUT2D eigenvalue weighted by atomic mass is 16.2. The minimum Gasteiger partial charge on any atom is -0.354 e. The van der Waals surface area contributed by atoms with Crippen molar-refractivity contribution in [1.29, 1.82) is 0 Å². The van der Waals surface area contributed by atoms with Crippen molar-refractivity contribution in [2.45, 2.75) is 38.5 Å². The van der Waals surface area contributed by atoms with Crippen molar-refractivity contribution in [2.75, 3.05) is 31.1 Å². The maximum absolute atomic E-state index is 12.9. The molecule has 2 saturated heterocycles. The minimum atomic E-state index is 0.0739. The van der Waals surface area contributed by atoms with Gasteiger partial charge in [0.05, 0.1) is 12.2 Å². The van der Waals surface area contributed by atoms with Gasteiger partial charge < -0.3 is 14.8 Å². The van der Waals surface area contributed by atoms with Crippen LogP contribution in [0.4, 0.5) is 5.82 Å². The van der Waals surface area contributed by atoms with E-state index in [0.717, 1.165) is 63.2 Å². The third kappa shape index (κ3) is 2.95. The molecule has 0 unspecified atom stereocenters. The normalized spacial score (nSPS) is 22.6. The largest absolute Gasteiger partial charge is 0.354 e. The van der Waals surface area contributed by atoms with Gasteiger partial charge in [0.15, 0.2) is 11.5 Å². The van der Waals surface area contributed by atoms with Crippen molar-refractivity contribution in [2.24, 2.45) is 5.92 Å². The molecule has 128 valence electrons. The maximum Gasteiger partial charge on any atom is 0.227 e. The second-order valence-corrected chi connectivity index (χ2v) is 6.82. The van der Waals surface area contributed by atoms with Gasteiger partial charge in [0.1, 0.15) is 11.8 Å². The number of hydrogen-bond acceptors (Lipinski definition) is 5. The van der Waals surface area contributed by atoms with Gasteiger partial charge in [-0.15, -0.1) is 0 Å². The first kappa shape index (κ1) is 15.4. The Labute approximate surface area is 141 Å². The van der Waals surface area contributed by atoms with E-state index in [1.165, 1.54) is 12.8 Å². The van der Waals surface area contributed by atoms with Gasteiger partial charge in [-0.1, -0.05) is 12.8 Å². The monoisotopic (exact) mass is 328 g/mol. The molecule has 2 aliphatic rings. The lowest BCUT2D eigenvalue weighted by Crippen LogP contribution is -2.45. The number of nitrogens with one attached hydrogen (secondary N) is 1. The number of imidazole rings is 1. The topological polar surface area (TPSA) is 78.0 Å². The highest BCUT2D eigenvalue weighted by Gasteiger charge is 2.30. The second kappa shape index (κ2) is 6.75. The van der Waals surface area contributed by atoms with Crippen molar-refractivity contribution >= 4 is 22.9 Å². The molecule has 7 nitrogen and oxygen atoms in total. The van der Waals surface area contributed by atoms with E-state index in [4.69, 9.17) is 0 Å². The molecule has 1 amide bonds. The van der Waals surface area contributed by atoms with Crippen molar-refractivity contribution in [1.82, 2.24) is 24.8 Å². The molecule has 2 aliphatic heterocycles. The minimum absolute atomic E-state index is 0.0739. The number of piperidine rings is 1. The van der Waals surface area contributed by atoms with Crippen LogP contribution in [0.15, 0.2) is 12.7 Å². The smallest absolute Gasteiger partial charge is 0.227 e. The first-order valence-corrected chi connectivity index (χ1v) is 9.01. The fraction of sp³-hybridized carbons (Fsp3) is 0.647. The number of amides is 1. The molecule has 24 heavy (non-hydrogen) atoms. The standard InChI is InChI=1S/C17H24N6O/c24-17(22-7-3-1-2-4-8-22)13-6-5-9-23(10-13)16-14-15(19-11-18-14)20-12-21-16/h11-13H,1-10H2,(H,18,19,20,21)/t13-/m0/s1. The molecule has 0 radical (unpaired) electrons. The van der Waals surface area contributed by atoms with Crippen LogP contribution in [-0.2, 0) is 4.79 Å². The number of fused-ring (bicyclic) bond motifs is 1. The first-order valence-electron chi connectivity index (χ1n) is 9.01. The molecule has 0 spiro atoms. The van der Waals surface area contributed by atoms with Gasteiger partial charge in [-0.25, -0.2) is 15.0 Å². The van der Waals surface area contributed by atoms with Gasteiger partial charge in [-0.3, -0.25) is 4.79 Å². The molecule has 2 aromatic rings. The summed E-state index contributed by atoms with van der Waals surface area (Å²) in [5.74, 6) is 1.27. The van der Waals surface area contributed by atoms with Gasteiger partial charge in [-0.05, 0) is 25.7 Å². The Morgan fingerprint density at radius 3 is 2.71 bits per heavy atom. The zero-order chi connectivity index (χ0) is 16.4. The Morgan fingerprint density at radius 1 is 1.04 bits per heavy atom. The van der Waals surface area contributed by atoms with Crippen molar-refractivity contribution in [3.05, 3.63) is 12.7 Å². The van der Waals surface area contributed by atoms with E-state index in [0.29, 0.717) is 11.6 Å². The number of aromatic amines is 1. The number of likely N-dealkylation sites (tertiary alicyclic amines) is 1. The summed E-state index contributed by atoms with van der Waals surface area (Å²) >= 11 is 0. The zero-order valence-corrected chi connectivity index (χ0v) is 13.9. The van der Waals surface area contributed by atoms with Crippen LogP contribution >= 0.6 is 0 Å². The Bertz CT molecular complexity index is 706. The number of rotatable bonds is 2. The average molecular weight is 328 g/mol. The molecule has 2 aromatic heterocycles. The molecule has 7 heteroatoms. The summed E-state index contributed by atoms with van der Waals surface area (Å²) in [6.07, 6.45) is 9.97. The van der Waals surface area contributed by atoms with Crippen LogP contribution in [0, 0.1) is 5.92 Å². The van der Waals surface area contributed by atoms with Gasteiger partial charge >= 0.3 is 0 Å². The van der Waals surface area contributed by atoms with E-state index in [9.17, 15) is 4.79 Å². The number of carbonyl (C=O) groups is 1. The predicted octanol–water partition coefficient (Wildman–Crippen LogP) is 1.97. The second-order valence-electron chi connectivity index (χ2n) is 6.82. The molecule has 1 atom stereocenters. The van der Waals surface area contributed by atoms with E-state index in [1.807, 2.05) is 0 Å². The zero-order valence-electron chi connectivity index (χ0n) is 13.9. The summed E-state index contributed by atoms with van der Waals surface area (Å²) in [6, 6.07) is 0. The molecular formula is C17H24N6O. The molecule has 1 N–H and O–H groups in total. The summed E-state index contributed by atoms with van der Waals surface area (Å²) in [5, 5.41) is 0. The Kier molecular flexibility index (Phi) is 4.32. The third-order valence-electron chi connectivity index (χ3n) is 5.19.